The van der Waals surface area contributed by atoms with E-state index in [4.69, 9.17) is 9.72 Å². The molecule has 0 radical (unpaired) electrons. The third-order valence-electron chi connectivity index (χ3n) is 5.87. The Morgan fingerprint density at radius 3 is 2.35 bits per heavy atom. The SMILES string of the molecule is CC(C)Oc1nnc(O)c2c1nc(CC(C)(C)C)n2Cc1ccc(-c2ccccc2-c2nnn[nH]2)cc1. The quantitative estimate of drug-likeness (QED) is 0.327. The van der Waals surface area contributed by atoms with E-state index in [1.807, 2.05) is 42.7 Å². The Hall–Kier alpha value is -4.34. The van der Waals surface area contributed by atoms with Gasteiger partial charge >= 0.3 is 0 Å². The minimum absolute atomic E-state index is 0.0161. The van der Waals surface area contributed by atoms with Gasteiger partial charge in [-0.25, -0.2) is 10.1 Å². The first-order valence-corrected chi connectivity index (χ1v) is 12.2. The molecule has 0 amide bonds. The number of H-pyrrole nitrogens is 1. The van der Waals surface area contributed by atoms with Crippen LogP contribution in [0, 0.1) is 5.41 Å². The van der Waals surface area contributed by atoms with E-state index in [-0.39, 0.29) is 17.4 Å². The van der Waals surface area contributed by atoms with E-state index < -0.39 is 0 Å². The highest BCUT2D eigenvalue weighted by atomic mass is 16.5. The number of hydrogen-bond acceptors (Lipinski definition) is 8. The summed E-state index contributed by atoms with van der Waals surface area (Å²) in [6.45, 7) is 10.8. The summed E-state index contributed by atoms with van der Waals surface area (Å²) in [6, 6.07) is 16.3. The van der Waals surface area contributed by atoms with E-state index in [2.05, 4.69) is 75.9 Å². The van der Waals surface area contributed by atoms with Gasteiger partial charge in [-0.1, -0.05) is 69.3 Å². The zero-order valence-corrected chi connectivity index (χ0v) is 21.6. The first kappa shape index (κ1) is 24.4. The van der Waals surface area contributed by atoms with Crippen molar-refractivity contribution in [1.29, 1.82) is 0 Å². The molecule has 5 rings (SSSR count). The minimum Gasteiger partial charge on any atom is -0.491 e. The summed E-state index contributed by atoms with van der Waals surface area (Å²) < 4.78 is 7.88. The molecule has 2 N–H and O–H groups in total. The number of fused-ring (bicyclic) bond motifs is 1. The van der Waals surface area contributed by atoms with Crippen LogP contribution in [0.15, 0.2) is 48.5 Å². The number of aromatic hydroxyl groups is 1. The Bertz CT molecular complexity index is 1520. The van der Waals surface area contributed by atoms with Gasteiger partial charge in [-0.05, 0) is 46.4 Å². The highest BCUT2D eigenvalue weighted by Gasteiger charge is 2.24. The van der Waals surface area contributed by atoms with Gasteiger partial charge in [0.2, 0.25) is 0 Å². The molecule has 2 aromatic carbocycles. The molecule has 0 aliphatic rings. The number of ether oxygens (including phenoxy) is 1. The van der Waals surface area contributed by atoms with Crippen LogP contribution in [0.5, 0.6) is 11.8 Å². The van der Waals surface area contributed by atoms with Gasteiger partial charge < -0.3 is 14.4 Å². The van der Waals surface area contributed by atoms with Crippen LogP contribution in [0.4, 0.5) is 0 Å². The summed E-state index contributed by atoms with van der Waals surface area (Å²) in [6.07, 6.45) is 0.611. The van der Waals surface area contributed by atoms with Crippen LogP contribution in [0.2, 0.25) is 0 Å². The average Bonchev–Trinajstić information content (AvgIpc) is 3.50. The number of benzene rings is 2. The smallest absolute Gasteiger partial charge is 0.262 e. The van der Waals surface area contributed by atoms with Gasteiger partial charge in [-0.2, -0.15) is 0 Å². The molecular formula is C27H30N8O2. The molecule has 37 heavy (non-hydrogen) atoms. The predicted octanol–water partition coefficient (Wildman–Crippen LogP) is 4.80. The van der Waals surface area contributed by atoms with Crippen molar-refractivity contribution >= 4 is 11.0 Å². The van der Waals surface area contributed by atoms with E-state index in [1.165, 1.54) is 0 Å². The number of nitrogens with one attached hydrogen (secondary N) is 1. The first-order valence-electron chi connectivity index (χ1n) is 12.2. The molecule has 10 nitrogen and oxygen atoms in total. The van der Waals surface area contributed by atoms with Crippen LogP contribution in [0.1, 0.15) is 46.0 Å². The minimum atomic E-state index is -0.162. The monoisotopic (exact) mass is 498 g/mol. The molecule has 5 aromatic rings. The molecule has 10 heteroatoms. The molecule has 0 unspecified atom stereocenters. The second-order valence-electron chi connectivity index (χ2n) is 10.5. The predicted molar refractivity (Wildman–Crippen MR) is 140 cm³/mol. The summed E-state index contributed by atoms with van der Waals surface area (Å²) >= 11 is 0. The van der Waals surface area contributed by atoms with Crippen molar-refractivity contribution in [1.82, 2.24) is 40.4 Å². The number of hydrogen-bond donors (Lipinski definition) is 2. The zero-order valence-electron chi connectivity index (χ0n) is 21.6. The molecule has 0 spiro atoms. The number of rotatable bonds is 7. The number of tetrazole rings is 1. The van der Waals surface area contributed by atoms with Gasteiger partial charge in [-0.15, -0.1) is 15.3 Å². The fourth-order valence-electron chi connectivity index (χ4n) is 4.33. The molecule has 3 heterocycles. The van der Waals surface area contributed by atoms with Crippen molar-refractivity contribution in [3.8, 4) is 34.3 Å². The molecule has 0 atom stereocenters. The van der Waals surface area contributed by atoms with Gasteiger partial charge in [0.05, 0.1) is 6.10 Å². The van der Waals surface area contributed by atoms with Crippen molar-refractivity contribution in [2.75, 3.05) is 0 Å². The molecule has 0 saturated carbocycles. The lowest BCUT2D eigenvalue weighted by atomic mass is 9.92. The standard InChI is InChI=1S/C27H30N8O2/c1-16(2)37-26-22-23(25(36)31-32-26)35(21(28-22)14-27(3,4)5)15-17-10-12-18(13-11-17)19-8-6-7-9-20(19)24-29-33-34-30-24/h6-13,16H,14-15H2,1-5H3,(H,31,36)(H,29,30,33,34). The third kappa shape index (κ3) is 5.13. The maximum absolute atomic E-state index is 10.7. The van der Waals surface area contributed by atoms with E-state index in [0.717, 1.165) is 28.1 Å². The number of imidazole rings is 1. The highest BCUT2D eigenvalue weighted by Crippen LogP contribution is 2.34. The molecule has 0 fully saturated rings. The normalized spacial score (nSPS) is 11.9. The highest BCUT2D eigenvalue weighted by molar-refractivity contribution is 5.85. The lowest BCUT2D eigenvalue weighted by Gasteiger charge is -2.19. The van der Waals surface area contributed by atoms with Crippen molar-refractivity contribution in [2.24, 2.45) is 5.41 Å². The van der Waals surface area contributed by atoms with Gasteiger partial charge in [0, 0.05) is 18.5 Å². The first-order chi connectivity index (χ1) is 17.7. The van der Waals surface area contributed by atoms with E-state index in [1.54, 1.807) is 0 Å². The Kier molecular flexibility index (Phi) is 6.32. The van der Waals surface area contributed by atoms with Crippen LogP contribution in [0.25, 0.3) is 33.5 Å². The molecule has 0 bridgehead atoms. The van der Waals surface area contributed by atoms with E-state index >= 15 is 0 Å². The van der Waals surface area contributed by atoms with Crippen LogP contribution in [-0.4, -0.2) is 51.6 Å². The summed E-state index contributed by atoms with van der Waals surface area (Å²) in [4.78, 5) is 4.87. The van der Waals surface area contributed by atoms with E-state index in [9.17, 15) is 5.11 Å². The van der Waals surface area contributed by atoms with Crippen molar-refractivity contribution in [3.63, 3.8) is 0 Å². The average molecular weight is 499 g/mol. The zero-order chi connectivity index (χ0) is 26.2. The van der Waals surface area contributed by atoms with Gasteiger partial charge in [0.25, 0.3) is 11.8 Å². The van der Waals surface area contributed by atoms with Gasteiger partial charge in [0.1, 0.15) is 11.3 Å². The van der Waals surface area contributed by atoms with Crippen LogP contribution >= 0.6 is 0 Å². The van der Waals surface area contributed by atoms with Gasteiger partial charge in [-0.3, -0.25) is 0 Å². The van der Waals surface area contributed by atoms with Crippen LogP contribution in [-0.2, 0) is 13.0 Å². The fourth-order valence-corrected chi connectivity index (χ4v) is 4.33. The lowest BCUT2D eigenvalue weighted by Crippen LogP contribution is -2.15. The summed E-state index contributed by atoms with van der Waals surface area (Å²) in [7, 11) is 0. The second kappa shape index (κ2) is 9.61. The summed E-state index contributed by atoms with van der Waals surface area (Å²) in [5, 5.41) is 33.1. The maximum Gasteiger partial charge on any atom is 0.262 e. The molecule has 0 aliphatic carbocycles. The Morgan fingerprint density at radius 1 is 0.973 bits per heavy atom. The molecule has 0 aliphatic heterocycles. The molecule has 190 valence electrons. The summed E-state index contributed by atoms with van der Waals surface area (Å²) in [5.74, 6) is 1.62. The fraction of sp³-hybridized carbons (Fsp3) is 0.333. The Balaban J connectivity index is 1.54. The lowest BCUT2D eigenvalue weighted by molar-refractivity contribution is 0.232. The number of nitrogens with zero attached hydrogens (tertiary/aromatic N) is 7. The van der Waals surface area contributed by atoms with Crippen LogP contribution in [0.3, 0.4) is 0 Å². The van der Waals surface area contributed by atoms with Crippen LogP contribution < -0.4 is 4.74 Å². The van der Waals surface area contributed by atoms with Crippen molar-refractivity contribution < 1.29 is 9.84 Å². The molecule has 3 aromatic heterocycles. The van der Waals surface area contributed by atoms with Crippen molar-refractivity contribution in [2.45, 2.75) is 53.7 Å². The molecular weight excluding hydrogens is 468 g/mol. The summed E-state index contributed by atoms with van der Waals surface area (Å²) in [5.41, 5.74) is 5.08. The Labute approximate surface area is 214 Å². The largest absolute Gasteiger partial charge is 0.491 e. The number of aromatic nitrogens is 8. The number of aromatic amines is 1. The third-order valence-corrected chi connectivity index (χ3v) is 5.87. The van der Waals surface area contributed by atoms with Gasteiger partial charge in [0.15, 0.2) is 11.3 Å². The maximum atomic E-state index is 10.7. The molecule has 0 saturated heterocycles. The second-order valence-corrected chi connectivity index (χ2v) is 10.5. The van der Waals surface area contributed by atoms with Crippen molar-refractivity contribution in [3.05, 3.63) is 59.9 Å². The topological polar surface area (TPSA) is 128 Å². The van der Waals surface area contributed by atoms with E-state index in [0.29, 0.717) is 35.7 Å². The Morgan fingerprint density at radius 2 is 1.70 bits per heavy atom.